The van der Waals surface area contributed by atoms with Crippen molar-refractivity contribution in [1.29, 1.82) is 0 Å². The van der Waals surface area contributed by atoms with E-state index in [2.05, 4.69) is 25.5 Å². The number of halogens is 3. The Morgan fingerprint density at radius 2 is 1.97 bits per heavy atom. The molecule has 1 saturated carbocycles. The quantitative estimate of drug-likeness (QED) is 0.343. The average Bonchev–Trinajstić information content (AvgIpc) is 3.40. The summed E-state index contributed by atoms with van der Waals surface area (Å²) in [6, 6.07) is 4.45. The molecule has 0 unspecified atom stereocenters. The Morgan fingerprint density at radius 3 is 2.62 bits per heavy atom. The Balaban J connectivity index is 1.16. The number of aliphatic hydroxyl groups is 1. The maximum Gasteiger partial charge on any atom is 0.416 e. The molecule has 1 aliphatic heterocycles. The van der Waals surface area contributed by atoms with Gasteiger partial charge in [0.1, 0.15) is 5.60 Å². The third-order valence-electron chi connectivity index (χ3n) is 7.22. The number of carbonyl (C=O) groups excluding carboxylic acids is 2. The number of nitrogens with two attached hydrogens (primary N) is 1. The second-order valence-electron chi connectivity index (χ2n) is 9.86. The SMILES string of the molecule is NC(=O)Oc1cc(NCC(=O)NC2CN(C3CCC(O)(c4cncs4)CC3)C2)c2cc(C(F)(F)F)ccc2n1. The van der Waals surface area contributed by atoms with Crippen LogP contribution in [-0.4, -0.2) is 63.7 Å². The number of nitrogens with zero attached hydrogens (tertiary/aromatic N) is 3. The van der Waals surface area contributed by atoms with Crippen LogP contribution in [0.1, 0.15) is 36.1 Å². The van der Waals surface area contributed by atoms with Crippen LogP contribution in [0.5, 0.6) is 5.88 Å². The predicted octanol–water partition coefficient (Wildman–Crippen LogP) is 3.21. The summed E-state index contributed by atoms with van der Waals surface area (Å²) in [5.74, 6) is -0.542. The molecule has 3 aromatic rings. The maximum atomic E-state index is 13.3. The van der Waals surface area contributed by atoms with E-state index in [4.69, 9.17) is 10.5 Å². The third kappa shape index (κ3) is 6.07. The first kappa shape index (κ1) is 27.1. The van der Waals surface area contributed by atoms with Crippen LogP contribution in [0.4, 0.5) is 23.7 Å². The van der Waals surface area contributed by atoms with Crippen LogP contribution < -0.4 is 21.1 Å². The summed E-state index contributed by atoms with van der Waals surface area (Å²) in [7, 11) is 0. The van der Waals surface area contributed by atoms with Gasteiger partial charge in [0.25, 0.3) is 0 Å². The Morgan fingerprint density at radius 1 is 1.23 bits per heavy atom. The number of likely N-dealkylation sites (tertiary alicyclic amines) is 1. The van der Waals surface area contributed by atoms with Crippen LogP contribution in [-0.2, 0) is 16.6 Å². The Hall–Kier alpha value is -3.49. The smallest absolute Gasteiger partial charge is 0.391 e. The van der Waals surface area contributed by atoms with Crippen LogP contribution in [0, 0.1) is 0 Å². The number of hydrogen-bond donors (Lipinski definition) is 4. The summed E-state index contributed by atoms with van der Waals surface area (Å²) in [5.41, 5.74) is 5.35. The number of alkyl halides is 3. The molecule has 0 bridgehead atoms. The molecule has 0 radical (unpaired) electrons. The molecule has 2 fully saturated rings. The number of anilines is 1. The zero-order chi connectivity index (χ0) is 27.8. The summed E-state index contributed by atoms with van der Waals surface area (Å²) in [6.45, 7) is 1.14. The molecule has 2 aromatic heterocycles. The number of pyridine rings is 1. The normalized spacial score (nSPS) is 22.3. The molecule has 0 atom stereocenters. The topological polar surface area (TPSA) is 143 Å². The lowest BCUT2D eigenvalue weighted by Gasteiger charge is -2.48. The highest BCUT2D eigenvalue weighted by atomic mass is 32.1. The van der Waals surface area contributed by atoms with Crippen molar-refractivity contribution >= 4 is 39.9 Å². The van der Waals surface area contributed by atoms with Gasteiger partial charge in [-0.1, -0.05) is 0 Å². The first-order valence-electron chi connectivity index (χ1n) is 12.4. The van der Waals surface area contributed by atoms with Gasteiger partial charge in [-0.3, -0.25) is 14.7 Å². The van der Waals surface area contributed by atoms with Gasteiger partial charge in [-0.25, -0.2) is 9.78 Å². The molecule has 10 nitrogen and oxygen atoms in total. The molecule has 1 saturated heterocycles. The molecule has 208 valence electrons. The molecule has 3 heterocycles. The van der Waals surface area contributed by atoms with Gasteiger partial charge in [0.15, 0.2) is 0 Å². The van der Waals surface area contributed by atoms with Crippen molar-refractivity contribution in [3.8, 4) is 5.88 Å². The van der Waals surface area contributed by atoms with Gasteiger partial charge in [0.05, 0.1) is 34.1 Å². The number of benzene rings is 1. The van der Waals surface area contributed by atoms with E-state index in [9.17, 15) is 27.9 Å². The lowest BCUT2D eigenvalue weighted by molar-refractivity contribution is -0.137. The van der Waals surface area contributed by atoms with E-state index in [-0.39, 0.29) is 41.0 Å². The van der Waals surface area contributed by atoms with Crippen LogP contribution in [0.25, 0.3) is 10.9 Å². The number of ether oxygens (including phenoxy) is 1. The Kier molecular flexibility index (Phi) is 7.35. The highest BCUT2D eigenvalue weighted by Gasteiger charge is 2.41. The maximum absolute atomic E-state index is 13.3. The van der Waals surface area contributed by atoms with Crippen LogP contribution in [0.3, 0.4) is 0 Å². The number of fused-ring (bicyclic) bond motifs is 1. The van der Waals surface area contributed by atoms with Gasteiger partial charge >= 0.3 is 12.3 Å². The number of thiazole rings is 1. The molecule has 0 spiro atoms. The molecular weight excluding hydrogens is 537 g/mol. The second-order valence-corrected chi connectivity index (χ2v) is 10.7. The third-order valence-corrected chi connectivity index (χ3v) is 8.19. The summed E-state index contributed by atoms with van der Waals surface area (Å²) < 4.78 is 44.6. The van der Waals surface area contributed by atoms with E-state index in [0.29, 0.717) is 32.0 Å². The van der Waals surface area contributed by atoms with E-state index in [1.165, 1.54) is 17.4 Å². The van der Waals surface area contributed by atoms with Crippen molar-refractivity contribution in [2.24, 2.45) is 5.73 Å². The first-order valence-corrected chi connectivity index (χ1v) is 13.3. The lowest BCUT2D eigenvalue weighted by Crippen LogP contribution is -2.63. The van der Waals surface area contributed by atoms with E-state index in [1.54, 1.807) is 11.7 Å². The number of aromatic nitrogens is 2. The van der Waals surface area contributed by atoms with Crippen LogP contribution in [0.15, 0.2) is 36.0 Å². The summed E-state index contributed by atoms with van der Waals surface area (Å²) in [5, 5.41) is 16.8. The monoisotopic (exact) mass is 564 g/mol. The predicted molar refractivity (Wildman–Crippen MR) is 137 cm³/mol. The minimum Gasteiger partial charge on any atom is -0.391 e. The van der Waals surface area contributed by atoms with Crippen molar-refractivity contribution in [3.63, 3.8) is 0 Å². The zero-order valence-corrected chi connectivity index (χ0v) is 21.5. The molecule has 1 aliphatic carbocycles. The molecule has 2 aliphatic rings. The zero-order valence-electron chi connectivity index (χ0n) is 20.7. The van der Waals surface area contributed by atoms with Crippen molar-refractivity contribution in [1.82, 2.24) is 20.2 Å². The van der Waals surface area contributed by atoms with Crippen molar-refractivity contribution in [3.05, 3.63) is 46.4 Å². The van der Waals surface area contributed by atoms with Crippen LogP contribution >= 0.6 is 11.3 Å². The van der Waals surface area contributed by atoms with Gasteiger partial charge in [0, 0.05) is 42.5 Å². The van der Waals surface area contributed by atoms with Gasteiger partial charge in [0.2, 0.25) is 11.8 Å². The summed E-state index contributed by atoms with van der Waals surface area (Å²) in [6.07, 6.45) is -0.951. The molecule has 39 heavy (non-hydrogen) atoms. The van der Waals surface area contributed by atoms with Crippen molar-refractivity contribution in [2.45, 2.75) is 49.5 Å². The first-order chi connectivity index (χ1) is 18.5. The molecule has 1 aromatic carbocycles. The molecule has 14 heteroatoms. The number of rotatable bonds is 7. The fraction of sp³-hybridized carbons (Fsp3) is 0.440. The van der Waals surface area contributed by atoms with E-state index in [1.807, 2.05) is 0 Å². The average molecular weight is 565 g/mol. The number of hydrogen-bond acceptors (Lipinski definition) is 9. The number of carbonyl (C=O) groups is 2. The standard InChI is InChI=1S/C25H27F3N6O4S/c26-25(27,28)14-1-2-18-17(7-14)19(8-22(33-18)38-23(29)36)31-10-21(35)32-15-11-34(12-15)16-3-5-24(37,6-4-16)20-9-30-13-39-20/h1-2,7-9,13,15-16,37H,3-6,10-12H2,(H2,29,36)(H,31,33)(H,32,35). The molecule has 5 N–H and O–H groups in total. The Labute approximate surface area is 225 Å². The number of nitrogens with one attached hydrogen (secondary N) is 2. The minimum absolute atomic E-state index is 0.0543. The van der Waals surface area contributed by atoms with E-state index >= 15 is 0 Å². The molecular formula is C25H27F3N6O4S. The number of primary amides is 1. The highest BCUT2D eigenvalue weighted by Crippen LogP contribution is 2.41. The fourth-order valence-electron chi connectivity index (χ4n) is 5.17. The van der Waals surface area contributed by atoms with Gasteiger partial charge in [-0.15, -0.1) is 11.3 Å². The van der Waals surface area contributed by atoms with Gasteiger partial charge in [-0.2, -0.15) is 13.2 Å². The molecule has 5 rings (SSSR count). The second kappa shape index (κ2) is 10.6. The van der Waals surface area contributed by atoms with Crippen LogP contribution in [0.2, 0.25) is 0 Å². The van der Waals surface area contributed by atoms with E-state index in [0.717, 1.165) is 35.9 Å². The summed E-state index contributed by atoms with van der Waals surface area (Å²) >= 11 is 1.46. The Bertz CT molecular complexity index is 1360. The van der Waals surface area contributed by atoms with Gasteiger partial charge < -0.3 is 26.2 Å². The molecule has 2 amide bonds. The highest BCUT2D eigenvalue weighted by molar-refractivity contribution is 7.09. The number of amides is 2. The van der Waals surface area contributed by atoms with E-state index < -0.39 is 23.4 Å². The largest absolute Gasteiger partial charge is 0.416 e. The fourth-order valence-corrected chi connectivity index (χ4v) is 5.95. The van der Waals surface area contributed by atoms with Crippen molar-refractivity contribution in [2.75, 3.05) is 25.0 Å². The van der Waals surface area contributed by atoms with Gasteiger partial charge in [-0.05, 0) is 43.9 Å². The lowest BCUT2D eigenvalue weighted by atomic mass is 9.80. The van der Waals surface area contributed by atoms with Crippen molar-refractivity contribution < 1.29 is 32.6 Å². The summed E-state index contributed by atoms with van der Waals surface area (Å²) in [4.78, 5) is 35.0. The minimum atomic E-state index is -4.57.